The van der Waals surface area contributed by atoms with E-state index < -0.39 is 0 Å². The van der Waals surface area contributed by atoms with E-state index in [2.05, 4.69) is 5.10 Å². The van der Waals surface area contributed by atoms with Gasteiger partial charge in [-0.1, -0.05) is 12.1 Å². The summed E-state index contributed by atoms with van der Waals surface area (Å²) in [5.41, 5.74) is 3.88. The number of nitrogens with zero attached hydrogens (tertiary/aromatic N) is 3. The van der Waals surface area contributed by atoms with Gasteiger partial charge < -0.3 is 10.0 Å². The summed E-state index contributed by atoms with van der Waals surface area (Å²) in [5.74, 6) is 0.0836. The number of rotatable bonds is 1. The van der Waals surface area contributed by atoms with Crippen LogP contribution in [0.2, 0.25) is 0 Å². The maximum absolute atomic E-state index is 12.9. The van der Waals surface area contributed by atoms with Gasteiger partial charge in [-0.05, 0) is 38.3 Å². The number of fused-ring (bicyclic) bond motifs is 1. The third-order valence-electron chi connectivity index (χ3n) is 4.16. The van der Waals surface area contributed by atoms with Crippen LogP contribution >= 0.6 is 0 Å². The molecule has 5 nitrogen and oxygen atoms in total. The van der Waals surface area contributed by atoms with Gasteiger partial charge >= 0.3 is 0 Å². The van der Waals surface area contributed by atoms with E-state index in [0.29, 0.717) is 17.8 Å². The highest BCUT2D eigenvalue weighted by molar-refractivity contribution is 6.09. The quantitative estimate of drug-likeness (QED) is 0.875. The molecule has 2 heterocycles. The Kier molecular flexibility index (Phi) is 3.20. The van der Waals surface area contributed by atoms with Crippen molar-refractivity contribution >= 4 is 11.6 Å². The number of aromatic nitrogens is 2. The van der Waals surface area contributed by atoms with Crippen molar-refractivity contribution in [2.75, 3.05) is 11.4 Å². The number of benzene rings is 1. The number of anilines is 1. The first-order chi connectivity index (χ1) is 10.0. The van der Waals surface area contributed by atoms with Crippen molar-refractivity contribution in [3.63, 3.8) is 0 Å². The van der Waals surface area contributed by atoms with Crippen molar-refractivity contribution in [3.8, 4) is 5.75 Å². The zero-order valence-electron chi connectivity index (χ0n) is 12.6. The highest BCUT2D eigenvalue weighted by atomic mass is 16.3. The maximum atomic E-state index is 12.9. The number of phenols is 1. The van der Waals surface area contributed by atoms with E-state index >= 15 is 0 Å². The van der Waals surface area contributed by atoms with Gasteiger partial charge in [0.25, 0.3) is 5.91 Å². The minimum Gasteiger partial charge on any atom is -0.506 e. The molecule has 21 heavy (non-hydrogen) atoms. The molecular weight excluding hydrogens is 266 g/mol. The summed E-state index contributed by atoms with van der Waals surface area (Å²) in [6, 6.07) is 5.42. The number of amides is 1. The number of para-hydroxylation sites is 1. The Hall–Kier alpha value is -2.30. The number of phenolic OH excluding ortho intramolecular Hbond substituents is 1. The zero-order valence-corrected chi connectivity index (χ0v) is 12.6. The van der Waals surface area contributed by atoms with E-state index in [0.717, 1.165) is 29.8 Å². The van der Waals surface area contributed by atoms with Gasteiger partial charge in [-0.15, -0.1) is 0 Å². The predicted octanol–water partition coefficient (Wildman–Crippen LogP) is 2.34. The van der Waals surface area contributed by atoms with Crippen LogP contribution in [-0.2, 0) is 13.5 Å². The van der Waals surface area contributed by atoms with Crippen molar-refractivity contribution in [3.05, 3.63) is 40.7 Å². The molecule has 1 amide bonds. The molecule has 0 bridgehead atoms. The van der Waals surface area contributed by atoms with Crippen molar-refractivity contribution in [1.29, 1.82) is 0 Å². The Morgan fingerprint density at radius 2 is 2.10 bits per heavy atom. The van der Waals surface area contributed by atoms with E-state index in [4.69, 9.17) is 0 Å². The Balaban J connectivity index is 2.09. The molecule has 5 heteroatoms. The van der Waals surface area contributed by atoms with E-state index in [9.17, 15) is 9.90 Å². The molecule has 2 aromatic rings. The molecule has 1 aromatic heterocycles. The lowest BCUT2D eigenvalue weighted by atomic mass is 9.99. The topological polar surface area (TPSA) is 58.4 Å². The molecule has 0 saturated carbocycles. The lowest BCUT2D eigenvalue weighted by Crippen LogP contribution is -2.36. The van der Waals surface area contributed by atoms with Gasteiger partial charge in [0.15, 0.2) is 0 Å². The Morgan fingerprint density at radius 1 is 1.33 bits per heavy atom. The number of hydrogen-bond donors (Lipinski definition) is 1. The van der Waals surface area contributed by atoms with Gasteiger partial charge in [-0.25, -0.2) is 0 Å². The van der Waals surface area contributed by atoms with Crippen LogP contribution in [0.1, 0.15) is 33.7 Å². The predicted molar refractivity (Wildman–Crippen MR) is 80.8 cm³/mol. The first-order valence-electron chi connectivity index (χ1n) is 7.13. The Labute approximate surface area is 123 Å². The first kappa shape index (κ1) is 13.7. The minimum atomic E-state index is -0.0828. The number of carbonyl (C=O) groups excluding carboxylic acids is 1. The van der Waals surface area contributed by atoms with Crippen LogP contribution in [0.5, 0.6) is 5.75 Å². The standard InChI is InChI=1S/C16H19N3O2/c1-10-14(11(2)18(3)17-10)16(21)19-9-5-7-12-6-4-8-13(20)15(12)19/h4,6,8,20H,5,7,9H2,1-3H3. The smallest absolute Gasteiger partial charge is 0.262 e. The van der Waals surface area contributed by atoms with E-state index in [1.165, 1.54) is 0 Å². The second-order valence-electron chi connectivity index (χ2n) is 5.51. The van der Waals surface area contributed by atoms with Crippen LogP contribution in [-0.4, -0.2) is 27.3 Å². The molecule has 1 aliphatic heterocycles. The molecule has 0 unspecified atom stereocenters. The summed E-state index contributed by atoms with van der Waals surface area (Å²) in [6.07, 6.45) is 1.79. The van der Waals surface area contributed by atoms with Crippen LogP contribution in [0.15, 0.2) is 18.2 Å². The van der Waals surface area contributed by atoms with Gasteiger partial charge in [-0.3, -0.25) is 9.48 Å². The Morgan fingerprint density at radius 3 is 2.76 bits per heavy atom. The molecular formula is C16H19N3O2. The lowest BCUT2D eigenvalue weighted by molar-refractivity contribution is 0.0983. The van der Waals surface area contributed by atoms with Crippen LogP contribution in [0.3, 0.4) is 0 Å². The van der Waals surface area contributed by atoms with Crippen LogP contribution in [0.4, 0.5) is 5.69 Å². The average Bonchev–Trinajstić information content (AvgIpc) is 2.71. The summed E-state index contributed by atoms with van der Waals surface area (Å²) >= 11 is 0. The van der Waals surface area contributed by atoms with Gasteiger partial charge in [0.05, 0.1) is 16.9 Å². The molecule has 0 fully saturated rings. The molecule has 1 N–H and O–H groups in total. The van der Waals surface area contributed by atoms with E-state index in [1.54, 1.807) is 15.6 Å². The maximum Gasteiger partial charge on any atom is 0.262 e. The summed E-state index contributed by atoms with van der Waals surface area (Å²) in [6.45, 7) is 4.36. The first-order valence-corrected chi connectivity index (χ1v) is 7.13. The normalized spacial score (nSPS) is 14.1. The molecule has 110 valence electrons. The van der Waals surface area contributed by atoms with Gasteiger partial charge in [0, 0.05) is 19.3 Å². The molecule has 0 atom stereocenters. The molecule has 0 aliphatic carbocycles. The highest BCUT2D eigenvalue weighted by Gasteiger charge is 2.29. The van der Waals surface area contributed by atoms with Crippen LogP contribution in [0.25, 0.3) is 0 Å². The van der Waals surface area contributed by atoms with Crippen LogP contribution < -0.4 is 4.90 Å². The molecule has 1 aromatic carbocycles. The summed E-state index contributed by atoms with van der Waals surface area (Å²) in [4.78, 5) is 14.6. The lowest BCUT2D eigenvalue weighted by Gasteiger charge is -2.30. The number of hydrogen-bond acceptors (Lipinski definition) is 3. The van der Waals surface area contributed by atoms with Gasteiger partial charge in [-0.2, -0.15) is 5.10 Å². The minimum absolute atomic E-state index is 0.0828. The summed E-state index contributed by atoms with van der Waals surface area (Å²) < 4.78 is 1.72. The third kappa shape index (κ3) is 2.09. The molecule has 0 spiro atoms. The third-order valence-corrected chi connectivity index (χ3v) is 4.16. The second kappa shape index (κ2) is 4.91. The molecule has 0 saturated heterocycles. The number of aromatic hydroxyl groups is 1. The van der Waals surface area contributed by atoms with Crippen molar-refractivity contribution in [1.82, 2.24) is 9.78 Å². The highest BCUT2D eigenvalue weighted by Crippen LogP contribution is 2.36. The SMILES string of the molecule is Cc1nn(C)c(C)c1C(=O)N1CCCc2cccc(O)c21. The fraction of sp³-hybridized carbons (Fsp3) is 0.375. The van der Waals surface area contributed by atoms with E-state index in [1.807, 2.05) is 33.0 Å². The largest absolute Gasteiger partial charge is 0.506 e. The number of carbonyl (C=O) groups is 1. The van der Waals surface area contributed by atoms with Gasteiger partial charge in [0.1, 0.15) is 5.75 Å². The monoisotopic (exact) mass is 285 g/mol. The second-order valence-corrected chi connectivity index (χ2v) is 5.51. The fourth-order valence-electron chi connectivity index (χ4n) is 3.05. The number of aryl methyl sites for hydroxylation is 3. The van der Waals surface area contributed by atoms with Crippen molar-refractivity contribution < 1.29 is 9.90 Å². The fourth-order valence-corrected chi connectivity index (χ4v) is 3.05. The van der Waals surface area contributed by atoms with Crippen LogP contribution in [0, 0.1) is 13.8 Å². The van der Waals surface area contributed by atoms with Gasteiger partial charge in [0.2, 0.25) is 0 Å². The van der Waals surface area contributed by atoms with Crippen molar-refractivity contribution in [2.24, 2.45) is 7.05 Å². The summed E-state index contributed by atoms with van der Waals surface area (Å²) in [5, 5.41) is 14.5. The summed E-state index contributed by atoms with van der Waals surface area (Å²) in [7, 11) is 1.83. The van der Waals surface area contributed by atoms with E-state index in [-0.39, 0.29) is 11.7 Å². The molecule has 0 radical (unpaired) electrons. The van der Waals surface area contributed by atoms with Crippen molar-refractivity contribution in [2.45, 2.75) is 26.7 Å². The zero-order chi connectivity index (χ0) is 15.1. The molecule has 1 aliphatic rings. The average molecular weight is 285 g/mol. The Bertz CT molecular complexity index is 719. The molecule has 3 rings (SSSR count).